The van der Waals surface area contributed by atoms with Crippen LogP contribution in [-0.4, -0.2) is 47.3 Å². The number of fused-ring (bicyclic) bond motifs is 5. The molecule has 50 heavy (non-hydrogen) atoms. The highest BCUT2D eigenvalue weighted by molar-refractivity contribution is 6.35. The molecule has 3 aromatic heterocycles. The van der Waals surface area contributed by atoms with Gasteiger partial charge in [0, 0.05) is 51.4 Å². The zero-order valence-corrected chi connectivity index (χ0v) is 27.2. The van der Waals surface area contributed by atoms with Crippen LogP contribution >= 0.6 is 23.2 Å². The number of nitrogens with one attached hydrogen (secondary N) is 1. The van der Waals surface area contributed by atoms with Crippen LogP contribution in [0.25, 0.3) is 33.3 Å². The van der Waals surface area contributed by atoms with Crippen LogP contribution in [0.5, 0.6) is 0 Å². The summed E-state index contributed by atoms with van der Waals surface area (Å²) in [7, 11) is 0. The van der Waals surface area contributed by atoms with Gasteiger partial charge in [-0.2, -0.15) is 9.49 Å². The van der Waals surface area contributed by atoms with Crippen molar-refractivity contribution in [3.05, 3.63) is 128 Å². The van der Waals surface area contributed by atoms with Crippen LogP contribution in [0.15, 0.2) is 94.7 Å². The Morgan fingerprint density at radius 2 is 1.68 bits per heavy atom. The number of aliphatic imine (C=N–C) groups is 1. The molecule has 10 rings (SSSR count). The third kappa shape index (κ3) is 4.18. The Balaban J connectivity index is 0.950. The van der Waals surface area contributed by atoms with Crippen LogP contribution in [0, 0.1) is 5.92 Å². The molecule has 1 aliphatic carbocycles. The zero-order valence-electron chi connectivity index (χ0n) is 25.6. The fourth-order valence-electron chi connectivity index (χ4n) is 7.75. The number of allylic oxidation sites excluding steroid dienone is 1. The molecule has 11 nitrogen and oxygen atoms in total. The number of rotatable bonds is 5. The molecule has 1 N–H and O–H groups in total. The molecule has 3 atom stereocenters. The first kappa shape index (κ1) is 29.2. The first-order valence-corrected chi connectivity index (χ1v) is 16.6. The van der Waals surface area contributed by atoms with Gasteiger partial charge < -0.3 is 4.57 Å². The molecular weight excluding hydrogens is 682 g/mol. The number of halogens is 3. The molecule has 6 aromatic rings. The lowest BCUT2D eigenvalue weighted by Gasteiger charge is -2.20. The van der Waals surface area contributed by atoms with Crippen LogP contribution in [0.2, 0.25) is 10.2 Å². The highest BCUT2D eigenvalue weighted by Crippen LogP contribution is 2.60. The van der Waals surface area contributed by atoms with E-state index in [0.29, 0.717) is 60.7 Å². The summed E-state index contributed by atoms with van der Waals surface area (Å²) in [4.78, 5) is 45.5. The maximum Gasteiger partial charge on any atom is 0.267 e. The number of hydrogen-bond acceptors (Lipinski definition) is 7. The first-order chi connectivity index (χ1) is 24.2. The molecule has 0 bridgehead atoms. The third-order valence-electron chi connectivity index (χ3n) is 10.1. The number of amides is 2. The molecule has 0 radical (unpaired) electrons. The van der Waals surface area contributed by atoms with Crippen LogP contribution < -0.4 is 10.5 Å². The van der Waals surface area contributed by atoms with Crippen molar-refractivity contribution in [2.24, 2.45) is 10.9 Å². The minimum Gasteiger partial charge on any atom is -0.303 e. The van der Waals surface area contributed by atoms with Gasteiger partial charge >= 0.3 is 0 Å². The average Bonchev–Trinajstić information content (AvgIpc) is 3.47. The normalized spacial score (nSPS) is 20.5. The summed E-state index contributed by atoms with van der Waals surface area (Å²) in [5, 5.41) is 16.4. The lowest BCUT2D eigenvalue weighted by molar-refractivity contribution is 0.0925. The number of H-pyrrole nitrogens is 1. The Labute approximate surface area is 291 Å². The zero-order chi connectivity index (χ0) is 34.0. The maximum atomic E-state index is 15.7. The number of carbonyl (C=O) groups is 2. The van der Waals surface area contributed by atoms with Gasteiger partial charge in [0.05, 0.1) is 34.6 Å². The van der Waals surface area contributed by atoms with Crippen LogP contribution in [0.3, 0.4) is 0 Å². The second-order valence-corrected chi connectivity index (χ2v) is 13.6. The van der Waals surface area contributed by atoms with Gasteiger partial charge in [0.2, 0.25) is 5.95 Å². The van der Waals surface area contributed by atoms with E-state index < -0.39 is 17.8 Å². The summed E-state index contributed by atoms with van der Waals surface area (Å²) in [6.45, 7) is 0. The van der Waals surface area contributed by atoms with Crippen molar-refractivity contribution < 1.29 is 14.0 Å². The number of hydrogen-bond donors (Lipinski definition) is 1. The summed E-state index contributed by atoms with van der Waals surface area (Å²) >= 11 is 12.4. The second-order valence-electron chi connectivity index (χ2n) is 12.8. The monoisotopic (exact) mass is 702 g/mol. The SMILES string of the molecule is O=C1c2ccccc2C(=O)N1c1n[nH]c2cc(C3=C(F)N=C([C@@H]4[C@H]5C[C@H]5c5cc(-c6cc(Cl)ccc6-n6cc(Cl)nn6)cc(=O)n54)C3)ccc12. The molecule has 2 amide bonds. The minimum atomic E-state index is -0.607. The van der Waals surface area contributed by atoms with Gasteiger partial charge in [-0.3, -0.25) is 19.5 Å². The smallest absolute Gasteiger partial charge is 0.267 e. The van der Waals surface area contributed by atoms with Gasteiger partial charge in [0.15, 0.2) is 11.0 Å². The van der Waals surface area contributed by atoms with Crippen molar-refractivity contribution in [2.75, 3.05) is 4.90 Å². The van der Waals surface area contributed by atoms with Gasteiger partial charge in [0.1, 0.15) is 0 Å². The predicted molar refractivity (Wildman–Crippen MR) is 185 cm³/mol. The molecule has 0 unspecified atom stereocenters. The fourth-order valence-corrected chi connectivity index (χ4v) is 8.05. The van der Waals surface area contributed by atoms with Gasteiger partial charge in [0.25, 0.3) is 17.4 Å². The van der Waals surface area contributed by atoms with Crippen LogP contribution in [-0.2, 0) is 0 Å². The predicted octanol–water partition coefficient (Wildman–Crippen LogP) is 6.92. The van der Waals surface area contributed by atoms with E-state index in [0.717, 1.165) is 17.0 Å². The number of imide groups is 1. The van der Waals surface area contributed by atoms with Crippen molar-refractivity contribution in [3.63, 3.8) is 0 Å². The largest absolute Gasteiger partial charge is 0.303 e. The summed E-state index contributed by atoms with van der Waals surface area (Å²) in [6.07, 6.45) is 2.67. The fraction of sp³-hybridized carbons (Fsp3) is 0.139. The quantitative estimate of drug-likeness (QED) is 0.153. The maximum absolute atomic E-state index is 15.7. The van der Waals surface area contributed by atoms with Gasteiger partial charge in [-0.15, -0.1) is 5.10 Å². The average molecular weight is 704 g/mol. The molecule has 6 heterocycles. The van der Waals surface area contributed by atoms with E-state index in [1.807, 2.05) is 6.07 Å². The van der Waals surface area contributed by atoms with E-state index in [1.165, 1.54) is 4.68 Å². The summed E-state index contributed by atoms with van der Waals surface area (Å²) in [5.41, 5.74) is 5.46. The molecule has 4 aliphatic rings. The molecule has 3 aromatic carbocycles. The Morgan fingerprint density at radius 1 is 0.880 bits per heavy atom. The highest BCUT2D eigenvalue weighted by atomic mass is 35.5. The van der Waals surface area contributed by atoms with Crippen molar-refractivity contribution in [1.82, 2.24) is 29.8 Å². The van der Waals surface area contributed by atoms with E-state index in [1.54, 1.807) is 77.5 Å². The highest BCUT2D eigenvalue weighted by Gasteiger charge is 2.55. The number of nitrogens with zero attached hydrogens (tertiary/aromatic N) is 7. The van der Waals surface area contributed by atoms with E-state index >= 15 is 4.39 Å². The van der Waals surface area contributed by atoms with E-state index in [9.17, 15) is 14.4 Å². The number of aromatic amines is 1. The molecule has 244 valence electrons. The third-order valence-corrected chi connectivity index (χ3v) is 10.5. The molecule has 0 spiro atoms. The van der Waals surface area contributed by atoms with Crippen LogP contribution in [0.4, 0.5) is 10.2 Å². The van der Waals surface area contributed by atoms with Crippen LogP contribution in [0.1, 0.15) is 56.8 Å². The van der Waals surface area contributed by atoms with Gasteiger partial charge in [-0.1, -0.05) is 46.6 Å². The Kier molecular flexibility index (Phi) is 6.07. The van der Waals surface area contributed by atoms with E-state index in [2.05, 4.69) is 25.5 Å². The second kappa shape index (κ2) is 10.4. The van der Waals surface area contributed by atoms with Crippen molar-refractivity contribution in [2.45, 2.75) is 24.8 Å². The Hall–Kier alpha value is -5.72. The first-order valence-electron chi connectivity index (χ1n) is 15.8. The van der Waals surface area contributed by atoms with Crippen molar-refractivity contribution in [3.8, 4) is 16.8 Å². The Morgan fingerprint density at radius 3 is 2.44 bits per heavy atom. The molecular formula is C36H21Cl2FN8O3. The summed E-state index contributed by atoms with van der Waals surface area (Å²) < 4.78 is 19.0. The summed E-state index contributed by atoms with van der Waals surface area (Å²) in [5.74, 6) is -1.04. The Bertz CT molecular complexity index is 2620. The van der Waals surface area contributed by atoms with Crippen molar-refractivity contribution in [1.29, 1.82) is 0 Å². The number of aromatic nitrogens is 6. The summed E-state index contributed by atoms with van der Waals surface area (Å²) in [6, 6.07) is 20.3. The molecule has 3 aliphatic heterocycles. The van der Waals surface area contributed by atoms with E-state index in [-0.39, 0.29) is 40.8 Å². The molecule has 1 saturated carbocycles. The topological polar surface area (TPSA) is 131 Å². The number of pyridine rings is 1. The lowest BCUT2D eigenvalue weighted by atomic mass is 9.97. The van der Waals surface area contributed by atoms with Gasteiger partial charge in [-0.25, -0.2) is 14.6 Å². The number of carbonyl (C=O) groups excluding carboxylic acids is 2. The van der Waals surface area contributed by atoms with Gasteiger partial charge in [-0.05, 0) is 72.0 Å². The van der Waals surface area contributed by atoms with E-state index in [4.69, 9.17) is 23.2 Å². The number of benzene rings is 3. The molecule has 1 fully saturated rings. The van der Waals surface area contributed by atoms with Crippen molar-refractivity contribution >= 4 is 63.0 Å². The molecule has 14 heteroatoms. The molecule has 0 saturated heterocycles. The lowest BCUT2D eigenvalue weighted by Crippen LogP contribution is -2.29. The standard InChI is InChI=1S/C36H21Cl2FN8O3/c37-18-6-8-28(45-15-30(38)42-44-45)22(12-18)17-10-29-24-13-25(24)32(46(29)31(48)11-17)27-14-23(33(39)40-27)16-5-7-21-26(9-16)41-43-34(21)47-35(49)19-3-1-2-4-20(19)36(47)50/h1-12,15,24-25,32H,13-14H2,(H,41,43)/t24-,25+,32+/m1/s1. The minimum absolute atomic E-state index is 0.133. The number of anilines is 1.